The number of rotatable bonds is 5. The van der Waals surface area contributed by atoms with Crippen molar-refractivity contribution in [1.82, 2.24) is 14.9 Å². The van der Waals surface area contributed by atoms with Gasteiger partial charge in [0.05, 0.1) is 0 Å². The monoisotopic (exact) mass is 389 g/mol. The lowest BCUT2D eigenvalue weighted by Gasteiger charge is -2.35. The van der Waals surface area contributed by atoms with E-state index in [1.165, 1.54) is 24.0 Å². The Morgan fingerprint density at radius 2 is 1.83 bits per heavy atom. The first kappa shape index (κ1) is 19.4. The smallest absolute Gasteiger partial charge is 0.226 e. The highest BCUT2D eigenvalue weighted by Crippen LogP contribution is 2.44. The highest BCUT2D eigenvalue weighted by Gasteiger charge is 2.35. The van der Waals surface area contributed by atoms with Gasteiger partial charge in [-0.2, -0.15) is 5.26 Å². The summed E-state index contributed by atoms with van der Waals surface area (Å²) in [5.74, 6) is 1.81. The number of nitriles is 1. The van der Waals surface area contributed by atoms with Crippen molar-refractivity contribution in [2.75, 3.05) is 31.1 Å². The van der Waals surface area contributed by atoms with Crippen LogP contribution in [0.1, 0.15) is 47.7 Å². The topological polar surface area (TPSA) is 73.1 Å². The van der Waals surface area contributed by atoms with Crippen LogP contribution in [-0.2, 0) is 4.79 Å². The van der Waals surface area contributed by atoms with Crippen molar-refractivity contribution < 1.29 is 4.79 Å². The third-order valence-corrected chi connectivity index (χ3v) is 5.96. The SMILES string of the molecule is Cc1ccc(C(CC(=O)N2CCN(c3nc(C)cc(C#N)n3)CC2)C2CC2)cc1. The third kappa shape index (κ3) is 4.56. The van der Waals surface area contributed by atoms with Gasteiger partial charge in [0, 0.05) is 38.3 Å². The van der Waals surface area contributed by atoms with E-state index in [0.29, 0.717) is 56.1 Å². The maximum Gasteiger partial charge on any atom is 0.226 e. The summed E-state index contributed by atoms with van der Waals surface area (Å²) in [6.45, 7) is 6.69. The molecule has 1 aliphatic heterocycles. The second-order valence-corrected chi connectivity index (χ2v) is 8.23. The lowest BCUT2D eigenvalue weighted by atomic mass is 9.90. The molecule has 1 saturated heterocycles. The van der Waals surface area contributed by atoms with E-state index in [0.717, 1.165) is 5.69 Å². The van der Waals surface area contributed by atoms with Gasteiger partial charge in [-0.15, -0.1) is 0 Å². The molecular weight excluding hydrogens is 362 g/mol. The van der Waals surface area contributed by atoms with Crippen LogP contribution in [-0.4, -0.2) is 47.0 Å². The molecule has 6 heteroatoms. The molecule has 1 atom stereocenters. The van der Waals surface area contributed by atoms with E-state index in [4.69, 9.17) is 5.26 Å². The second kappa shape index (κ2) is 8.20. The molecule has 0 bridgehead atoms. The van der Waals surface area contributed by atoms with Gasteiger partial charge in [-0.1, -0.05) is 29.8 Å². The van der Waals surface area contributed by atoms with Crippen LogP contribution < -0.4 is 4.90 Å². The Kier molecular flexibility index (Phi) is 5.48. The molecule has 6 nitrogen and oxygen atoms in total. The third-order valence-electron chi connectivity index (χ3n) is 5.96. The number of benzene rings is 1. The number of amides is 1. The van der Waals surface area contributed by atoms with Gasteiger partial charge in [0.25, 0.3) is 0 Å². The fourth-order valence-corrected chi connectivity index (χ4v) is 4.09. The number of hydrogen-bond acceptors (Lipinski definition) is 5. The molecule has 1 amide bonds. The lowest BCUT2D eigenvalue weighted by Crippen LogP contribution is -2.49. The molecule has 1 aromatic carbocycles. The minimum Gasteiger partial charge on any atom is -0.339 e. The Hall–Kier alpha value is -2.94. The van der Waals surface area contributed by atoms with Crippen molar-refractivity contribution in [2.45, 2.75) is 39.0 Å². The van der Waals surface area contributed by atoms with Crippen molar-refractivity contribution in [1.29, 1.82) is 5.26 Å². The molecule has 150 valence electrons. The zero-order chi connectivity index (χ0) is 20.4. The van der Waals surface area contributed by atoms with Crippen LogP contribution in [0.2, 0.25) is 0 Å². The first-order valence-electron chi connectivity index (χ1n) is 10.4. The van der Waals surface area contributed by atoms with E-state index >= 15 is 0 Å². The van der Waals surface area contributed by atoms with E-state index in [1.54, 1.807) is 6.07 Å². The summed E-state index contributed by atoms with van der Waals surface area (Å²) in [7, 11) is 0. The van der Waals surface area contributed by atoms with E-state index in [2.05, 4.69) is 52.1 Å². The molecule has 0 spiro atoms. The molecular formula is C23H27N5O. The average Bonchev–Trinajstić information content (AvgIpc) is 3.57. The highest BCUT2D eigenvalue weighted by atomic mass is 16.2. The first-order chi connectivity index (χ1) is 14.0. The van der Waals surface area contributed by atoms with Gasteiger partial charge < -0.3 is 9.80 Å². The summed E-state index contributed by atoms with van der Waals surface area (Å²) in [6.07, 6.45) is 3.05. The van der Waals surface area contributed by atoms with Crippen LogP contribution >= 0.6 is 0 Å². The number of piperazine rings is 1. The number of aromatic nitrogens is 2. The van der Waals surface area contributed by atoms with E-state index in [-0.39, 0.29) is 5.91 Å². The molecule has 0 N–H and O–H groups in total. The Morgan fingerprint density at radius 1 is 1.14 bits per heavy atom. The highest BCUT2D eigenvalue weighted by molar-refractivity contribution is 5.77. The summed E-state index contributed by atoms with van der Waals surface area (Å²) in [5, 5.41) is 9.13. The van der Waals surface area contributed by atoms with Crippen molar-refractivity contribution in [2.24, 2.45) is 5.92 Å². The number of anilines is 1. The van der Waals surface area contributed by atoms with E-state index in [9.17, 15) is 4.79 Å². The maximum absolute atomic E-state index is 13.0. The molecule has 2 aliphatic rings. The zero-order valence-electron chi connectivity index (χ0n) is 17.1. The largest absolute Gasteiger partial charge is 0.339 e. The minimum absolute atomic E-state index is 0.241. The molecule has 2 fully saturated rings. The van der Waals surface area contributed by atoms with Crippen LogP contribution in [0.25, 0.3) is 0 Å². The number of aryl methyl sites for hydroxylation is 2. The molecule has 1 unspecified atom stereocenters. The van der Waals surface area contributed by atoms with Crippen LogP contribution in [0.15, 0.2) is 30.3 Å². The molecule has 29 heavy (non-hydrogen) atoms. The molecule has 0 radical (unpaired) electrons. The Morgan fingerprint density at radius 3 is 2.45 bits per heavy atom. The van der Waals surface area contributed by atoms with Crippen LogP contribution in [0, 0.1) is 31.1 Å². The van der Waals surface area contributed by atoms with Gasteiger partial charge in [-0.25, -0.2) is 9.97 Å². The summed E-state index contributed by atoms with van der Waals surface area (Å²) in [4.78, 5) is 25.8. The zero-order valence-corrected chi connectivity index (χ0v) is 17.1. The molecule has 2 aromatic rings. The van der Waals surface area contributed by atoms with Crippen molar-refractivity contribution in [3.63, 3.8) is 0 Å². The Bertz CT molecular complexity index is 921. The summed E-state index contributed by atoms with van der Waals surface area (Å²) in [5.41, 5.74) is 3.72. The molecule has 4 rings (SSSR count). The normalized spacial score (nSPS) is 17.7. The quantitative estimate of drug-likeness (QED) is 0.785. The van der Waals surface area contributed by atoms with E-state index < -0.39 is 0 Å². The van der Waals surface area contributed by atoms with Crippen molar-refractivity contribution in [3.8, 4) is 6.07 Å². The van der Waals surface area contributed by atoms with Crippen LogP contribution in [0.3, 0.4) is 0 Å². The van der Waals surface area contributed by atoms with Crippen LogP contribution in [0.4, 0.5) is 5.95 Å². The van der Waals surface area contributed by atoms with Gasteiger partial charge >= 0.3 is 0 Å². The van der Waals surface area contributed by atoms with Crippen molar-refractivity contribution >= 4 is 11.9 Å². The second-order valence-electron chi connectivity index (χ2n) is 8.23. The fraction of sp³-hybridized carbons (Fsp3) is 0.478. The Labute approximate surface area is 172 Å². The summed E-state index contributed by atoms with van der Waals surface area (Å²) in [6, 6.07) is 12.4. The van der Waals surface area contributed by atoms with E-state index in [1.807, 2.05) is 11.8 Å². The molecule has 1 aliphatic carbocycles. The average molecular weight is 390 g/mol. The number of carbonyl (C=O) groups is 1. The Balaban J connectivity index is 1.38. The summed E-state index contributed by atoms with van der Waals surface area (Å²) >= 11 is 0. The lowest BCUT2D eigenvalue weighted by molar-refractivity contribution is -0.132. The molecule has 1 saturated carbocycles. The van der Waals surface area contributed by atoms with Gasteiger partial charge in [0.1, 0.15) is 11.8 Å². The first-order valence-corrected chi connectivity index (χ1v) is 10.4. The molecule has 1 aromatic heterocycles. The standard InChI is InChI=1S/C23H27N5O/c1-16-3-5-18(6-4-16)21(19-7-8-19)14-22(29)27-9-11-28(12-10-27)23-25-17(2)13-20(15-24)26-23/h3-6,13,19,21H,7-12,14H2,1-2H3. The van der Waals surface area contributed by atoms with Gasteiger partial charge in [-0.05, 0) is 50.2 Å². The number of carbonyl (C=O) groups excluding carboxylic acids is 1. The predicted octanol–water partition coefficient (Wildman–Crippen LogP) is 3.20. The van der Waals surface area contributed by atoms with Gasteiger partial charge in [0.15, 0.2) is 0 Å². The minimum atomic E-state index is 0.241. The maximum atomic E-state index is 13.0. The predicted molar refractivity (Wildman–Crippen MR) is 112 cm³/mol. The molecule has 2 heterocycles. The summed E-state index contributed by atoms with van der Waals surface area (Å²) < 4.78 is 0. The fourth-order valence-electron chi connectivity index (χ4n) is 4.09. The number of nitrogens with zero attached hydrogens (tertiary/aromatic N) is 5. The number of hydrogen-bond donors (Lipinski definition) is 0. The van der Waals surface area contributed by atoms with Crippen LogP contribution in [0.5, 0.6) is 0 Å². The van der Waals surface area contributed by atoms with Gasteiger partial charge in [0.2, 0.25) is 11.9 Å². The van der Waals surface area contributed by atoms with Crippen molar-refractivity contribution in [3.05, 3.63) is 52.8 Å². The van der Waals surface area contributed by atoms with Gasteiger partial charge in [-0.3, -0.25) is 4.79 Å².